The van der Waals surface area contributed by atoms with Crippen LogP contribution in [0, 0.1) is 0 Å². The van der Waals surface area contributed by atoms with Crippen LogP contribution in [0.15, 0.2) is 18.3 Å². The minimum Gasteiger partial charge on any atom is -0.480 e. The fraction of sp³-hybridized carbons (Fsp3) is 0.538. The normalized spacial score (nSPS) is 14.8. The van der Waals surface area contributed by atoms with Gasteiger partial charge in [0, 0.05) is 6.07 Å². The van der Waals surface area contributed by atoms with E-state index in [0.717, 1.165) is 0 Å². The summed E-state index contributed by atoms with van der Waals surface area (Å²) in [6.45, 7) is 3.34. The number of halogens is 2. The van der Waals surface area contributed by atoms with Crippen LogP contribution in [0.2, 0.25) is 0 Å². The van der Waals surface area contributed by atoms with Crippen molar-refractivity contribution in [2.75, 3.05) is 7.11 Å². The summed E-state index contributed by atoms with van der Waals surface area (Å²) in [6.07, 6.45) is 1.50. The van der Waals surface area contributed by atoms with E-state index in [4.69, 9.17) is 4.74 Å². The number of rotatable bonds is 5. The highest BCUT2D eigenvalue weighted by Gasteiger charge is 2.42. The molecule has 6 nitrogen and oxygen atoms in total. The number of ether oxygens (including phenoxy) is 1. The number of hydrogen-bond acceptors (Lipinski definition) is 5. The van der Waals surface area contributed by atoms with Crippen LogP contribution in [0.3, 0.4) is 0 Å². The largest absolute Gasteiger partial charge is 0.480 e. The van der Waals surface area contributed by atoms with E-state index < -0.39 is 11.3 Å². The minimum absolute atomic E-state index is 0.243. The summed E-state index contributed by atoms with van der Waals surface area (Å²) >= 11 is 0. The van der Waals surface area contributed by atoms with Crippen molar-refractivity contribution in [1.82, 2.24) is 25.2 Å². The van der Waals surface area contributed by atoms with Gasteiger partial charge in [-0.25, -0.2) is 13.5 Å². The van der Waals surface area contributed by atoms with Gasteiger partial charge in [-0.2, -0.15) is 0 Å². The Morgan fingerprint density at radius 3 is 2.33 bits per heavy atom. The number of hydrogen-bond donors (Lipinski definition) is 0. The first-order valence-electron chi connectivity index (χ1n) is 6.39. The van der Waals surface area contributed by atoms with E-state index in [2.05, 4.69) is 20.5 Å². The van der Waals surface area contributed by atoms with Gasteiger partial charge in [0.25, 0.3) is 0 Å². The number of nitrogens with zero attached hydrogens (tertiary/aromatic N) is 5. The van der Waals surface area contributed by atoms with E-state index in [0.29, 0.717) is 17.3 Å². The molecule has 21 heavy (non-hydrogen) atoms. The molecule has 0 aliphatic heterocycles. The number of alkyl halides is 2. The van der Waals surface area contributed by atoms with Crippen molar-refractivity contribution in [1.29, 1.82) is 0 Å². The Bertz CT molecular complexity index is 604. The van der Waals surface area contributed by atoms with Crippen molar-refractivity contribution in [2.24, 2.45) is 0 Å². The van der Waals surface area contributed by atoms with Gasteiger partial charge in [0.1, 0.15) is 17.1 Å². The third-order valence-electron chi connectivity index (χ3n) is 3.35. The van der Waals surface area contributed by atoms with E-state index in [1.54, 1.807) is 12.1 Å². The molecule has 0 saturated heterocycles. The molecule has 0 amide bonds. The van der Waals surface area contributed by atoms with Crippen LogP contribution in [0.4, 0.5) is 8.78 Å². The van der Waals surface area contributed by atoms with Crippen LogP contribution < -0.4 is 4.74 Å². The Balaban J connectivity index is 2.18. The molecule has 0 spiro atoms. The molecule has 1 atom stereocenters. The van der Waals surface area contributed by atoms with Crippen molar-refractivity contribution in [3.63, 3.8) is 0 Å². The summed E-state index contributed by atoms with van der Waals surface area (Å²) in [4.78, 5) is 0. The molecule has 0 fully saturated rings. The lowest BCUT2D eigenvalue weighted by molar-refractivity contribution is -0.0160. The van der Waals surface area contributed by atoms with Crippen molar-refractivity contribution >= 4 is 0 Å². The predicted molar refractivity (Wildman–Crippen MR) is 72.3 cm³/mol. The Morgan fingerprint density at radius 2 is 1.81 bits per heavy atom. The van der Waals surface area contributed by atoms with Gasteiger partial charge in [-0.1, -0.05) is 5.21 Å². The molecule has 2 aromatic rings. The maximum atomic E-state index is 14.3. The average Bonchev–Trinajstić information content (AvgIpc) is 2.85. The van der Waals surface area contributed by atoms with Crippen molar-refractivity contribution in [2.45, 2.75) is 38.7 Å². The summed E-state index contributed by atoms with van der Waals surface area (Å²) in [5.41, 5.74) is -3.15. The van der Waals surface area contributed by atoms with Gasteiger partial charge in [0.2, 0.25) is 5.88 Å². The highest BCUT2D eigenvalue weighted by molar-refractivity contribution is 5.51. The zero-order chi connectivity index (χ0) is 15.7. The summed E-state index contributed by atoms with van der Waals surface area (Å²) in [5, 5.41) is 15.4. The second-order valence-corrected chi connectivity index (χ2v) is 5.43. The molecule has 0 N–H and O–H groups in total. The zero-order valence-corrected chi connectivity index (χ0v) is 12.3. The zero-order valence-electron chi connectivity index (χ0n) is 12.3. The molecule has 1 unspecified atom stereocenters. The Labute approximate surface area is 121 Å². The van der Waals surface area contributed by atoms with Gasteiger partial charge < -0.3 is 4.74 Å². The first-order valence-corrected chi connectivity index (χ1v) is 6.39. The van der Waals surface area contributed by atoms with Gasteiger partial charge in [-0.05, 0) is 26.8 Å². The molecule has 2 rings (SSSR count). The molecular formula is C13H17F2N5O. The van der Waals surface area contributed by atoms with E-state index in [9.17, 15) is 8.78 Å². The smallest absolute Gasteiger partial charge is 0.233 e. The number of methoxy groups -OCH3 is 1. The standard InChI is InChI=1S/C13H17F2N5O/c1-12(2,14)13(3,15)8-20-7-10(17-19-20)9-5-6-11(21-4)18-16-9/h5-7H,8H2,1-4H3. The topological polar surface area (TPSA) is 65.7 Å². The lowest BCUT2D eigenvalue weighted by Crippen LogP contribution is -2.43. The van der Waals surface area contributed by atoms with Crippen LogP contribution in [0.5, 0.6) is 5.88 Å². The molecule has 0 saturated carbocycles. The number of aromatic nitrogens is 5. The quantitative estimate of drug-likeness (QED) is 0.846. The van der Waals surface area contributed by atoms with Gasteiger partial charge in [-0.15, -0.1) is 15.3 Å². The first kappa shape index (κ1) is 15.3. The van der Waals surface area contributed by atoms with Crippen LogP contribution in [-0.2, 0) is 6.54 Å². The minimum atomic E-state index is -2.07. The second-order valence-electron chi connectivity index (χ2n) is 5.43. The lowest BCUT2D eigenvalue weighted by atomic mass is 9.91. The molecule has 2 aromatic heterocycles. The molecule has 8 heteroatoms. The van der Waals surface area contributed by atoms with Crippen LogP contribution >= 0.6 is 0 Å². The van der Waals surface area contributed by atoms with E-state index in [1.165, 1.54) is 38.8 Å². The highest BCUT2D eigenvalue weighted by atomic mass is 19.2. The summed E-state index contributed by atoms with van der Waals surface area (Å²) in [6, 6.07) is 3.29. The molecule has 0 bridgehead atoms. The fourth-order valence-electron chi connectivity index (χ4n) is 1.55. The predicted octanol–water partition coefficient (Wildman–Crippen LogP) is 2.22. The Hall–Kier alpha value is -2.12. The molecule has 114 valence electrons. The third-order valence-corrected chi connectivity index (χ3v) is 3.35. The average molecular weight is 297 g/mol. The molecule has 0 aliphatic rings. The summed E-state index contributed by atoms with van der Waals surface area (Å²) < 4.78 is 34.2. The second kappa shape index (κ2) is 5.34. The van der Waals surface area contributed by atoms with Gasteiger partial charge in [-0.3, -0.25) is 0 Å². The maximum absolute atomic E-state index is 14.3. The Kier molecular flexibility index (Phi) is 3.89. The van der Waals surface area contributed by atoms with Crippen LogP contribution in [0.25, 0.3) is 11.4 Å². The molecule has 0 radical (unpaired) electrons. The maximum Gasteiger partial charge on any atom is 0.233 e. The van der Waals surface area contributed by atoms with Gasteiger partial charge in [0.05, 0.1) is 19.9 Å². The molecule has 2 heterocycles. The van der Waals surface area contributed by atoms with Crippen LogP contribution in [0.1, 0.15) is 20.8 Å². The van der Waals surface area contributed by atoms with Crippen molar-refractivity contribution < 1.29 is 13.5 Å². The molecule has 0 aliphatic carbocycles. The fourth-order valence-corrected chi connectivity index (χ4v) is 1.55. The van der Waals surface area contributed by atoms with E-state index >= 15 is 0 Å². The third kappa shape index (κ3) is 3.32. The van der Waals surface area contributed by atoms with E-state index in [1.807, 2.05) is 0 Å². The van der Waals surface area contributed by atoms with Crippen molar-refractivity contribution in [3.05, 3.63) is 18.3 Å². The van der Waals surface area contributed by atoms with Gasteiger partial charge >= 0.3 is 0 Å². The van der Waals surface area contributed by atoms with Crippen LogP contribution in [-0.4, -0.2) is 43.6 Å². The summed E-state index contributed by atoms with van der Waals surface area (Å²) in [7, 11) is 1.49. The SMILES string of the molecule is COc1ccc(-c2cn(CC(C)(F)C(C)(C)F)nn2)nn1. The first-order chi connectivity index (χ1) is 9.73. The molecular weight excluding hydrogens is 280 g/mol. The van der Waals surface area contributed by atoms with Crippen molar-refractivity contribution in [3.8, 4) is 17.3 Å². The Morgan fingerprint density at radius 1 is 1.10 bits per heavy atom. The van der Waals surface area contributed by atoms with Gasteiger partial charge in [0.15, 0.2) is 5.67 Å². The highest BCUT2D eigenvalue weighted by Crippen LogP contribution is 2.31. The lowest BCUT2D eigenvalue weighted by Gasteiger charge is -2.30. The summed E-state index contributed by atoms with van der Waals surface area (Å²) in [5.74, 6) is 0.377. The van der Waals surface area contributed by atoms with E-state index in [-0.39, 0.29) is 6.54 Å². The molecule has 0 aromatic carbocycles. The monoisotopic (exact) mass is 297 g/mol.